The molecule has 0 amide bonds. The third-order valence-electron chi connectivity index (χ3n) is 6.48. The number of aromatic nitrogens is 3. The number of aromatic amines is 1. The summed E-state index contributed by atoms with van der Waals surface area (Å²) < 4.78 is 7.91. The van der Waals surface area contributed by atoms with Crippen molar-refractivity contribution in [2.24, 2.45) is 5.73 Å². The molecule has 1 unspecified atom stereocenters. The number of hydrogen-bond acceptors (Lipinski definition) is 4. The normalized spacial score (nSPS) is 15.5. The monoisotopic (exact) mass is 431 g/mol. The highest BCUT2D eigenvalue weighted by molar-refractivity contribution is 5.88. The molecular weight excluding hydrogens is 410 g/mol. The van der Waals surface area contributed by atoms with Gasteiger partial charge in [0.25, 0.3) is 0 Å². The van der Waals surface area contributed by atoms with Crippen LogP contribution in [-0.2, 0) is 6.54 Å². The molecule has 0 radical (unpaired) electrons. The Bertz CT molecular complexity index is 1610. The lowest BCUT2D eigenvalue weighted by Gasteiger charge is -2.23. The molecule has 0 saturated carbocycles. The van der Waals surface area contributed by atoms with Gasteiger partial charge in [0.1, 0.15) is 11.6 Å². The van der Waals surface area contributed by atoms with Crippen LogP contribution in [0.1, 0.15) is 28.3 Å². The molecule has 6 heteroatoms. The number of rotatable bonds is 3. The molecule has 6 nitrogen and oxygen atoms in total. The Balaban J connectivity index is 1.56. The van der Waals surface area contributed by atoms with Crippen molar-refractivity contribution in [3.05, 3.63) is 107 Å². The van der Waals surface area contributed by atoms with E-state index in [2.05, 4.69) is 81.6 Å². The van der Waals surface area contributed by atoms with Gasteiger partial charge in [-0.1, -0.05) is 60.7 Å². The molecule has 1 aliphatic rings. The summed E-state index contributed by atoms with van der Waals surface area (Å²) in [7, 11) is 0. The lowest BCUT2D eigenvalue weighted by molar-refractivity contribution is 0.379. The lowest BCUT2D eigenvalue weighted by Crippen LogP contribution is -2.21. The van der Waals surface area contributed by atoms with Crippen LogP contribution in [0.2, 0.25) is 0 Å². The number of nitriles is 1. The average Bonchev–Trinajstić information content (AvgIpc) is 3.39. The molecular formula is C27H21N5O. The molecule has 160 valence electrons. The first kappa shape index (κ1) is 19.2. The number of hydrogen-bond donors (Lipinski definition) is 2. The van der Waals surface area contributed by atoms with Crippen LogP contribution in [0.4, 0.5) is 0 Å². The minimum absolute atomic E-state index is 0.104. The minimum Gasteiger partial charge on any atom is -0.420 e. The SMILES string of the molecule is Cc1[nH]nc2c1C(c1cn(Cc3cccc4ccccc34)c3ccccc13)C(C#N)=C(N)O2. The Labute approximate surface area is 190 Å². The summed E-state index contributed by atoms with van der Waals surface area (Å²) in [6, 6.07) is 25.4. The van der Waals surface area contributed by atoms with Crippen LogP contribution >= 0.6 is 0 Å². The second kappa shape index (κ2) is 7.28. The van der Waals surface area contributed by atoms with Gasteiger partial charge >= 0.3 is 0 Å². The summed E-state index contributed by atoms with van der Waals surface area (Å²) in [6.45, 7) is 2.65. The predicted molar refractivity (Wildman–Crippen MR) is 128 cm³/mol. The Hall–Kier alpha value is -4.50. The fourth-order valence-electron chi connectivity index (χ4n) is 4.96. The van der Waals surface area contributed by atoms with Crippen LogP contribution in [0, 0.1) is 18.3 Å². The topological polar surface area (TPSA) is 92.7 Å². The lowest BCUT2D eigenvalue weighted by atomic mass is 9.84. The number of nitrogens with two attached hydrogens (primary N) is 1. The second-order valence-corrected chi connectivity index (χ2v) is 8.36. The van der Waals surface area contributed by atoms with E-state index in [-0.39, 0.29) is 11.8 Å². The second-order valence-electron chi connectivity index (χ2n) is 8.36. The highest BCUT2D eigenvalue weighted by Crippen LogP contribution is 2.45. The van der Waals surface area contributed by atoms with Gasteiger partial charge in [0.2, 0.25) is 11.8 Å². The average molecular weight is 431 g/mol. The first-order chi connectivity index (χ1) is 16.2. The highest BCUT2D eigenvalue weighted by Gasteiger charge is 2.36. The van der Waals surface area contributed by atoms with E-state index in [1.807, 2.05) is 19.1 Å². The number of fused-ring (bicyclic) bond motifs is 3. The van der Waals surface area contributed by atoms with E-state index < -0.39 is 0 Å². The molecule has 0 bridgehead atoms. The first-order valence-electron chi connectivity index (χ1n) is 10.8. The van der Waals surface area contributed by atoms with Gasteiger partial charge in [-0.3, -0.25) is 5.10 Å². The van der Waals surface area contributed by atoms with Crippen molar-refractivity contribution in [2.45, 2.75) is 19.4 Å². The smallest absolute Gasteiger partial charge is 0.244 e. The number of H-pyrrole nitrogens is 1. The van der Waals surface area contributed by atoms with E-state index >= 15 is 0 Å². The number of para-hydroxylation sites is 1. The summed E-state index contributed by atoms with van der Waals surface area (Å²) >= 11 is 0. The van der Waals surface area contributed by atoms with E-state index in [0.717, 1.165) is 27.7 Å². The predicted octanol–water partition coefficient (Wildman–Crippen LogP) is 5.09. The number of ether oxygens (including phenoxy) is 1. The molecule has 0 fully saturated rings. The van der Waals surface area contributed by atoms with Crippen molar-refractivity contribution in [2.75, 3.05) is 0 Å². The maximum absolute atomic E-state index is 9.97. The first-order valence-corrected chi connectivity index (χ1v) is 10.8. The Morgan fingerprint density at radius 2 is 1.82 bits per heavy atom. The van der Waals surface area contributed by atoms with E-state index in [1.165, 1.54) is 16.3 Å². The zero-order chi connectivity index (χ0) is 22.5. The van der Waals surface area contributed by atoms with Crippen molar-refractivity contribution in [1.29, 1.82) is 5.26 Å². The van der Waals surface area contributed by atoms with Gasteiger partial charge in [-0.2, -0.15) is 5.26 Å². The zero-order valence-electron chi connectivity index (χ0n) is 18.0. The molecule has 3 heterocycles. The van der Waals surface area contributed by atoms with Crippen molar-refractivity contribution >= 4 is 21.7 Å². The standard InChI is InChI=1S/C27H21N5O/c1-16-24-25(21(13-28)26(29)33-27(24)31-30-16)22-15-32(23-12-5-4-11-20(22)23)14-18-9-6-8-17-7-2-3-10-19(17)18/h2-12,15,25H,14,29H2,1H3,(H,30,31). The fraction of sp³-hybridized carbons (Fsp3) is 0.111. The van der Waals surface area contributed by atoms with Gasteiger partial charge in [0.15, 0.2) is 0 Å². The molecule has 3 N–H and O–H groups in total. The van der Waals surface area contributed by atoms with Crippen LogP contribution in [0.25, 0.3) is 21.7 Å². The van der Waals surface area contributed by atoms with Gasteiger partial charge in [-0.25, -0.2) is 0 Å². The molecule has 5 aromatic rings. The zero-order valence-corrected chi connectivity index (χ0v) is 18.0. The fourth-order valence-corrected chi connectivity index (χ4v) is 4.96. The number of benzene rings is 3. The van der Waals surface area contributed by atoms with Crippen molar-refractivity contribution in [1.82, 2.24) is 14.8 Å². The molecule has 6 rings (SSSR count). The molecule has 3 aromatic carbocycles. The summed E-state index contributed by atoms with van der Waals surface area (Å²) in [5.74, 6) is 0.184. The Morgan fingerprint density at radius 3 is 2.67 bits per heavy atom. The number of aryl methyl sites for hydroxylation is 1. The van der Waals surface area contributed by atoms with Gasteiger partial charge < -0.3 is 15.0 Å². The number of nitrogens with zero attached hydrogens (tertiary/aromatic N) is 3. The largest absolute Gasteiger partial charge is 0.420 e. The van der Waals surface area contributed by atoms with E-state index in [4.69, 9.17) is 10.5 Å². The molecule has 1 aliphatic heterocycles. The minimum atomic E-state index is -0.351. The molecule has 0 saturated heterocycles. The van der Waals surface area contributed by atoms with Crippen LogP contribution in [0.5, 0.6) is 5.88 Å². The molecule has 0 aliphatic carbocycles. The Kier molecular flexibility index (Phi) is 4.24. The maximum Gasteiger partial charge on any atom is 0.244 e. The number of nitrogens with one attached hydrogen (secondary N) is 1. The quantitative estimate of drug-likeness (QED) is 0.416. The maximum atomic E-state index is 9.97. The van der Waals surface area contributed by atoms with Gasteiger partial charge in [0, 0.05) is 34.9 Å². The third kappa shape index (κ3) is 2.90. The van der Waals surface area contributed by atoms with Crippen LogP contribution in [0.3, 0.4) is 0 Å². The van der Waals surface area contributed by atoms with Crippen LogP contribution in [0.15, 0.2) is 84.4 Å². The summed E-state index contributed by atoms with van der Waals surface area (Å²) in [6.07, 6.45) is 2.14. The van der Waals surface area contributed by atoms with Crippen LogP contribution < -0.4 is 10.5 Å². The van der Waals surface area contributed by atoms with Crippen LogP contribution in [-0.4, -0.2) is 14.8 Å². The summed E-state index contributed by atoms with van der Waals surface area (Å²) in [5, 5.41) is 20.8. The van der Waals surface area contributed by atoms with E-state index in [0.29, 0.717) is 18.0 Å². The van der Waals surface area contributed by atoms with Crippen molar-refractivity contribution in [3.63, 3.8) is 0 Å². The van der Waals surface area contributed by atoms with Gasteiger partial charge in [-0.15, -0.1) is 5.10 Å². The molecule has 2 aromatic heterocycles. The molecule has 33 heavy (non-hydrogen) atoms. The third-order valence-corrected chi connectivity index (χ3v) is 6.48. The van der Waals surface area contributed by atoms with Gasteiger partial charge in [0.05, 0.1) is 5.92 Å². The molecule has 0 spiro atoms. The van der Waals surface area contributed by atoms with E-state index in [1.54, 1.807) is 0 Å². The van der Waals surface area contributed by atoms with Crippen molar-refractivity contribution in [3.8, 4) is 11.9 Å². The summed E-state index contributed by atoms with van der Waals surface area (Å²) in [5.41, 5.74) is 11.6. The molecule has 1 atom stereocenters. The Morgan fingerprint density at radius 1 is 1.06 bits per heavy atom. The van der Waals surface area contributed by atoms with Gasteiger partial charge in [-0.05, 0) is 34.9 Å². The van der Waals surface area contributed by atoms with Crippen molar-refractivity contribution < 1.29 is 4.74 Å². The highest BCUT2D eigenvalue weighted by atomic mass is 16.5. The van der Waals surface area contributed by atoms with E-state index in [9.17, 15) is 5.26 Å². The number of allylic oxidation sites excluding steroid dienone is 1. The summed E-state index contributed by atoms with van der Waals surface area (Å²) in [4.78, 5) is 0.